The first-order chi connectivity index (χ1) is 9.10. The third-order valence-corrected chi connectivity index (χ3v) is 3.76. The summed E-state index contributed by atoms with van der Waals surface area (Å²) >= 11 is 0. The van der Waals surface area contributed by atoms with E-state index in [0.717, 1.165) is 25.7 Å². The van der Waals surface area contributed by atoms with Gasteiger partial charge in [0, 0.05) is 18.0 Å². The van der Waals surface area contributed by atoms with Crippen LogP contribution in [-0.2, 0) is 9.59 Å². The molecule has 1 aliphatic rings. The Bertz CT molecular complexity index is 355. The van der Waals surface area contributed by atoms with Gasteiger partial charge in [0.25, 0.3) is 0 Å². The van der Waals surface area contributed by atoms with E-state index in [1.165, 1.54) is 0 Å². The van der Waals surface area contributed by atoms with Crippen molar-refractivity contribution >= 4 is 11.9 Å². The first kappa shape index (κ1) is 17.0. The SMILES string of the molecule is CC(C)(C)CC(CC(=O)O)NC(=O)CC1(N)CCCC1. The zero-order chi connectivity index (χ0) is 15.4. The van der Waals surface area contributed by atoms with Crippen LogP contribution in [0.5, 0.6) is 0 Å². The molecule has 0 bridgehead atoms. The third-order valence-electron chi connectivity index (χ3n) is 3.76. The number of rotatable bonds is 6. The number of hydrogen-bond acceptors (Lipinski definition) is 3. The number of carbonyl (C=O) groups excluding carboxylic acids is 1. The Morgan fingerprint density at radius 3 is 2.30 bits per heavy atom. The van der Waals surface area contributed by atoms with E-state index < -0.39 is 5.97 Å². The van der Waals surface area contributed by atoms with E-state index in [4.69, 9.17) is 10.8 Å². The van der Waals surface area contributed by atoms with Gasteiger partial charge in [0.05, 0.1) is 6.42 Å². The fourth-order valence-electron chi connectivity index (χ4n) is 2.98. The zero-order valence-electron chi connectivity index (χ0n) is 12.9. The monoisotopic (exact) mass is 284 g/mol. The summed E-state index contributed by atoms with van der Waals surface area (Å²) in [5.41, 5.74) is 5.77. The van der Waals surface area contributed by atoms with E-state index in [9.17, 15) is 9.59 Å². The van der Waals surface area contributed by atoms with Crippen molar-refractivity contribution in [1.82, 2.24) is 5.32 Å². The van der Waals surface area contributed by atoms with Crippen molar-refractivity contribution in [2.24, 2.45) is 11.1 Å². The fourth-order valence-corrected chi connectivity index (χ4v) is 2.98. The first-order valence-corrected chi connectivity index (χ1v) is 7.40. The van der Waals surface area contributed by atoms with Crippen molar-refractivity contribution in [3.05, 3.63) is 0 Å². The number of aliphatic carboxylic acids is 1. The van der Waals surface area contributed by atoms with Crippen LogP contribution in [-0.4, -0.2) is 28.6 Å². The molecule has 1 fully saturated rings. The van der Waals surface area contributed by atoms with Gasteiger partial charge in [-0.3, -0.25) is 9.59 Å². The van der Waals surface area contributed by atoms with Gasteiger partial charge in [0.2, 0.25) is 5.91 Å². The van der Waals surface area contributed by atoms with Crippen molar-refractivity contribution in [3.63, 3.8) is 0 Å². The summed E-state index contributed by atoms with van der Waals surface area (Å²) in [5.74, 6) is -1.01. The highest BCUT2D eigenvalue weighted by molar-refractivity contribution is 5.78. The van der Waals surface area contributed by atoms with E-state index in [1.54, 1.807) is 0 Å². The van der Waals surface area contributed by atoms with E-state index in [0.29, 0.717) is 12.8 Å². The Hall–Kier alpha value is -1.10. The topological polar surface area (TPSA) is 92.4 Å². The van der Waals surface area contributed by atoms with Gasteiger partial charge in [-0.1, -0.05) is 33.6 Å². The zero-order valence-corrected chi connectivity index (χ0v) is 12.9. The fraction of sp³-hybridized carbons (Fsp3) is 0.867. The molecule has 1 atom stereocenters. The van der Waals surface area contributed by atoms with Gasteiger partial charge in [-0.2, -0.15) is 0 Å². The van der Waals surface area contributed by atoms with Gasteiger partial charge in [-0.05, 0) is 24.7 Å². The number of carboxylic acid groups (broad SMARTS) is 1. The predicted octanol–water partition coefficient (Wildman–Crippen LogP) is 2.04. The van der Waals surface area contributed by atoms with Crippen LogP contribution in [0.15, 0.2) is 0 Å². The molecule has 1 saturated carbocycles. The van der Waals surface area contributed by atoms with Crippen molar-refractivity contribution in [3.8, 4) is 0 Å². The van der Waals surface area contributed by atoms with E-state index in [2.05, 4.69) is 5.32 Å². The van der Waals surface area contributed by atoms with Gasteiger partial charge in [-0.25, -0.2) is 0 Å². The maximum absolute atomic E-state index is 12.1. The van der Waals surface area contributed by atoms with Crippen LogP contribution in [0, 0.1) is 5.41 Å². The minimum Gasteiger partial charge on any atom is -0.481 e. The molecular formula is C15H28N2O3. The summed E-state index contributed by atoms with van der Waals surface area (Å²) in [5, 5.41) is 11.8. The average molecular weight is 284 g/mol. The molecule has 20 heavy (non-hydrogen) atoms. The van der Waals surface area contributed by atoms with Gasteiger partial charge in [0.15, 0.2) is 0 Å². The van der Waals surface area contributed by atoms with Crippen LogP contribution < -0.4 is 11.1 Å². The van der Waals surface area contributed by atoms with Crippen LogP contribution in [0.1, 0.15) is 65.7 Å². The number of amides is 1. The lowest BCUT2D eigenvalue weighted by atomic mass is 9.86. The Morgan fingerprint density at radius 2 is 1.85 bits per heavy atom. The summed E-state index contributed by atoms with van der Waals surface area (Å²) in [4.78, 5) is 23.0. The summed E-state index contributed by atoms with van der Waals surface area (Å²) in [7, 11) is 0. The van der Waals surface area contributed by atoms with Crippen LogP contribution in [0.25, 0.3) is 0 Å². The molecule has 1 aliphatic carbocycles. The molecule has 0 aliphatic heterocycles. The maximum atomic E-state index is 12.1. The van der Waals surface area contributed by atoms with Crippen LogP contribution in [0.2, 0.25) is 0 Å². The van der Waals surface area contributed by atoms with Crippen LogP contribution in [0.4, 0.5) is 0 Å². The lowest BCUT2D eigenvalue weighted by Crippen LogP contribution is -2.46. The van der Waals surface area contributed by atoms with Gasteiger partial charge in [0.1, 0.15) is 0 Å². The molecule has 1 rings (SSSR count). The van der Waals surface area contributed by atoms with Gasteiger partial charge < -0.3 is 16.2 Å². The highest BCUT2D eigenvalue weighted by atomic mass is 16.4. The normalized spacial score (nSPS) is 19.6. The second kappa shape index (κ2) is 6.57. The van der Waals surface area contributed by atoms with Gasteiger partial charge in [-0.15, -0.1) is 0 Å². The largest absolute Gasteiger partial charge is 0.481 e. The molecule has 0 spiro atoms. The summed E-state index contributed by atoms with van der Waals surface area (Å²) in [6, 6.07) is -0.329. The molecule has 4 N–H and O–H groups in total. The smallest absolute Gasteiger partial charge is 0.305 e. The summed E-state index contributed by atoms with van der Waals surface area (Å²) in [6.07, 6.45) is 4.80. The molecule has 1 unspecified atom stereocenters. The average Bonchev–Trinajstić information content (AvgIpc) is 2.59. The molecule has 0 heterocycles. The van der Waals surface area contributed by atoms with Crippen molar-refractivity contribution in [2.45, 2.75) is 77.3 Å². The summed E-state index contributed by atoms with van der Waals surface area (Å²) in [6.45, 7) is 6.11. The van der Waals surface area contributed by atoms with E-state index in [-0.39, 0.29) is 29.3 Å². The highest BCUT2D eigenvalue weighted by Gasteiger charge is 2.32. The number of nitrogens with one attached hydrogen (secondary N) is 1. The Kier molecular flexibility index (Phi) is 5.57. The lowest BCUT2D eigenvalue weighted by molar-refractivity contribution is -0.137. The maximum Gasteiger partial charge on any atom is 0.305 e. The molecule has 1 amide bonds. The van der Waals surface area contributed by atoms with Crippen molar-refractivity contribution in [2.75, 3.05) is 0 Å². The Morgan fingerprint density at radius 1 is 1.30 bits per heavy atom. The molecule has 0 aromatic carbocycles. The molecule has 0 aromatic heterocycles. The minimum atomic E-state index is -0.886. The molecule has 5 heteroatoms. The Balaban J connectivity index is 2.54. The van der Waals surface area contributed by atoms with E-state index in [1.807, 2.05) is 20.8 Å². The quantitative estimate of drug-likeness (QED) is 0.696. The summed E-state index contributed by atoms with van der Waals surface area (Å²) < 4.78 is 0. The minimum absolute atomic E-state index is 0.0266. The molecular weight excluding hydrogens is 256 g/mol. The van der Waals surface area contributed by atoms with Crippen molar-refractivity contribution in [1.29, 1.82) is 0 Å². The molecule has 0 aromatic rings. The second-order valence-corrected chi connectivity index (χ2v) is 7.37. The third kappa shape index (κ3) is 6.37. The first-order valence-electron chi connectivity index (χ1n) is 7.40. The standard InChI is InChI=1S/C15H28N2O3/c1-14(2,3)9-11(8-13(19)20)17-12(18)10-15(16)6-4-5-7-15/h11H,4-10,16H2,1-3H3,(H,17,18)(H,19,20). The van der Waals surface area contributed by atoms with Crippen LogP contribution >= 0.6 is 0 Å². The number of nitrogens with two attached hydrogens (primary N) is 1. The highest BCUT2D eigenvalue weighted by Crippen LogP contribution is 2.30. The molecule has 5 nitrogen and oxygen atoms in total. The lowest BCUT2D eigenvalue weighted by Gasteiger charge is -2.28. The Labute approximate surface area is 121 Å². The van der Waals surface area contributed by atoms with Crippen LogP contribution in [0.3, 0.4) is 0 Å². The van der Waals surface area contributed by atoms with E-state index >= 15 is 0 Å². The molecule has 0 saturated heterocycles. The number of hydrogen-bond donors (Lipinski definition) is 3. The molecule has 116 valence electrons. The van der Waals surface area contributed by atoms with Gasteiger partial charge >= 0.3 is 5.97 Å². The predicted molar refractivity (Wildman–Crippen MR) is 78.3 cm³/mol. The number of carbonyl (C=O) groups is 2. The number of carboxylic acids is 1. The molecule has 0 radical (unpaired) electrons. The second-order valence-electron chi connectivity index (χ2n) is 7.37. The van der Waals surface area contributed by atoms with Crippen molar-refractivity contribution < 1.29 is 14.7 Å².